The van der Waals surface area contributed by atoms with E-state index >= 15 is 0 Å². The van der Waals surface area contributed by atoms with Crippen LogP contribution in [0.2, 0.25) is 0 Å². The predicted octanol–water partition coefficient (Wildman–Crippen LogP) is 2.61. The molecule has 0 radical (unpaired) electrons. The van der Waals surface area contributed by atoms with Gasteiger partial charge in [-0.1, -0.05) is 48.5 Å². The van der Waals surface area contributed by atoms with E-state index in [2.05, 4.69) is 10.0 Å². The van der Waals surface area contributed by atoms with Gasteiger partial charge in [-0.05, 0) is 17.7 Å². The second-order valence-corrected chi connectivity index (χ2v) is 7.85. The molecule has 0 fully saturated rings. The standard InChI is InChI=1S/C20H22N2O4S/c23-20(22-18-11-14-26-19-9-5-4-8-17(18)19)10-13-21-27(24,25)15-12-16-6-2-1-3-7-16/h1-9,12,15,18,21H,10-11,13-14H2,(H,22,23)/b15-12+. The molecular formula is C20H22N2O4S. The molecule has 1 unspecified atom stereocenters. The summed E-state index contributed by atoms with van der Waals surface area (Å²) in [7, 11) is -3.59. The van der Waals surface area contributed by atoms with Gasteiger partial charge in [0, 0.05) is 30.4 Å². The molecule has 7 heteroatoms. The minimum absolute atomic E-state index is 0.0398. The number of ether oxygens (including phenoxy) is 1. The monoisotopic (exact) mass is 386 g/mol. The molecule has 0 aromatic heterocycles. The van der Waals surface area contributed by atoms with E-state index in [9.17, 15) is 13.2 Å². The molecule has 0 bridgehead atoms. The van der Waals surface area contributed by atoms with Gasteiger partial charge >= 0.3 is 0 Å². The van der Waals surface area contributed by atoms with E-state index in [0.29, 0.717) is 13.0 Å². The molecule has 0 saturated heterocycles. The molecule has 1 aliphatic heterocycles. The summed E-state index contributed by atoms with van der Waals surface area (Å²) in [6.45, 7) is 0.580. The number of amides is 1. The molecule has 1 aliphatic rings. The molecule has 0 spiro atoms. The molecule has 3 rings (SSSR count). The molecule has 27 heavy (non-hydrogen) atoms. The number of hydrogen-bond acceptors (Lipinski definition) is 4. The van der Waals surface area contributed by atoms with E-state index in [1.54, 1.807) is 0 Å². The third-order valence-electron chi connectivity index (χ3n) is 4.19. The fourth-order valence-electron chi connectivity index (χ4n) is 2.85. The number of nitrogens with one attached hydrogen (secondary N) is 2. The Balaban J connectivity index is 1.48. The lowest BCUT2D eigenvalue weighted by Gasteiger charge is -2.26. The minimum atomic E-state index is -3.59. The zero-order chi connectivity index (χ0) is 19.1. The maximum atomic E-state index is 12.2. The number of fused-ring (bicyclic) bond motifs is 1. The second-order valence-electron chi connectivity index (χ2n) is 6.20. The third kappa shape index (κ3) is 5.67. The third-order valence-corrected chi connectivity index (χ3v) is 5.29. The minimum Gasteiger partial charge on any atom is -0.493 e. The van der Waals surface area contributed by atoms with Crippen LogP contribution in [0.1, 0.15) is 30.0 Å². The average molecular weight is 386 g/mol. The molecular weight excluding hydrogens is 364 g/mol. The van der Waals surface area contributed by atoms with Crippen molar-refractivity contribution in [2.45, 2.75) is 18.9 Å². The van der Waals surface area contributed by atoms with Crippen LogP contribution < -0.4 is 14.8 Å². The van der Waals surface area contributed by atoms with E-state index in [4.69, 9.17) is 4.74 Å². The van der Waals surface area contributed by atoms with Gasteiger partial charge in [0.25, 0.3) is 0 Å². The van der Waals surface area contributed by atoms with Crippen LogP contribution in [0.15, 0.2) is 60.0 Å². The van der Waals surface area contributed by atoms with Crippen LogP contribution in [0.25, 0.3) is 6.08 Å². The summed E-state index contributed by atoms with van der Waals surface area (Å²) in [4.78, 5) is 12.2. The van der Waals surface area contributed by atoms with E-state index in [1.165, 1.54) is 6.08 Å². The van der Waals surface area contributed by atoms with Crippen molar-refractivity contribution >= 4 is 22.0 Å². The SMILES string of the molecule is O=C(CCNS(=O)(=O)/C=C/c1ccccc1)NC1CCOc2ccccc21. The largest absolute Gasteiger partial charge is 0.493 e. The second kappa shape index (κ2) is 8.83. The summed E-state index contributed by atoms with van der Waals surface area (Å²) in [6.07, 6.45) is 2.27. The average Bonchev–Trinajstić information content (AvgIpc) is 2.67. The number of benzene rings is 2. The normalized spacial score (nSPS) is 16.5. The summed E-state index contributed by atoms with van der Waals surface area (Å²) in [5.74, 6) is 0.576. The molecule has 142 valence electrons. The van der Waals surface area contributed by atoms with Crippen molar-refractivity contribution in [2.24, 2.45) is 0 Å². The fourth-order valence-corrected chi connectivity index (χ4v) is 3.66. The van der Waals surface area contributed by atoms with E-state index in [0.717, 1.165) is 22.3 Å². The summed E-state index contributed by atoms with van der Waals surface area (Å²) in [6, 6.07) is 16.6. The van der Waals surface area contributed by atoms with Crippen molar-refractivity contribution < 1.29 is 17.9 Å². The topological polar surface area (TPSA) is 84.5 Å². The van der Waals surface area contributed by atoms with Gasteiger partial charge in [-0.2, -0.15) is 0 Å². The van der Waals surface area contributed by atoms with Gasteiger partial charge < -0.3 is 10.1 Å². The van der Waals surface area contributed by atoms with Crippen LogP contribution in [0.5, 0.6) is 5.75 Å². The van der Waals surface area contributed by atoms with Crippen LogP contribution in [-0.4, -0.2) is 27.5 Å². The molecule has 0 aliphatic carbocycles. The molecule has 2 aromatic carbocycles. The molecule has 0 saturated carbocycles. The zero-order valence-electron chi connectivity index (χ0n) is 14.8. The van der Waals surface area contributed by atoms with E-state index in [-0.39, 0.29) is 24.9 Å². The van der Waals surface area contributed by atoms with E-state index in [1.807, 2.05) is 54.6 Å². The van der Waals surface area contributed by atoms with Crippen molar-refractivity contribution in [3.05, 3.63) is 71.1 Å². The highest BCUT2D eigenvalue weighted by atomic mass is 32.2. The first-order chi connectivity index (χ1) is 13.0. The Hall–Kier alpha value is -2.64. The molecule has 1 amide bonds. The van der Waals surface area contributed by atoms with Gasteiger partial charge in [-0.3, -0.25) is 4.79 Å². The van der Waals surface area contributed by atoms with Crippen LogP contribution in [0, 0.1) is 0 Å². The number of carbonyl (C=O) groups excluding carboxylic acids is 1. The Morgan fingerprint density at radius 1 is 1.11 bits per heavy atom. The molecule has 2 aromatic rings. The van der Waals surface area contributed by atoms with Crippen molar-refractivity contribution in [3.63, 3.8) is 0 Å². The first-order valence-corrected chi connectivity index (χ1v) is 10.3. The Morgan fingerprint density at radius 2 is 1.85 bits per heavy atom. The van der Waals surface area contributed by atoms with Crippen LogP contribution in [0.3, 0.4) is 0 Å². The summed E-state index contributed by atoms with van der Waals surface area (Å²) in [5, 5.41) is 4.05. The van der Waals surface area contributed by atoms with Crippen LogP contribution >= 0.6 is 0 Å². The maximum Gasteiger partial charge on any atom is 0.233 e. The zero-order valence-corrected chi connectivity index (χ0v) is 15.6. The molecule has 6 nitrogen and oxygen atoms in total. The lowest BCUT2D eigenvalue weighted by molar-refractivity contribution is -0.121. The highest BCUT2D eigenvalue weighted by Gasteiger charge is 2.22. The number of carbonyl (C=O) groups is 1. The predicted molar refractivity (Wildman–Crippen MR) is 104 cm³/mol. The van der Waals surface area contributed by atoms with Gasteiger partial charge in [0.05, 0.1) is 12.6 Å². The first kappa shape index (κ1) is 19.1. The van der Waals surface area contributed by atoms with Gasteiger partial charge in [0.2, 0.25) is 15.9 Å². The van der Waals surface area contributed by atoms with Crippen molar-refractivity contribution in [1.29, 1.82) is 0 Å². The quantitative estimate of drug-likeness (QED) is 0.766. The highest BCUT2D eigenvalue weighted by molar-refractivity contribution is 7.92. The lowest BCUT2D eigenvalue weighted by Crippen LogP contribution is -2.34. The van der Waals surface area contributed by atoms with Crippen molar-refractivity contribution in [2.75, 3.05) is 13.2 Å². The Kier molecular flexibility index (Phi) is 6.26. The Morgan fingerprint density at radius 3 is 2.67 bits per heavy atom. The number of hydrogen-bond donors (Lipinski definition) is 2. The molecule has 1 heterocycles. The van der Waals surface area contributed by atoms with Gasteiger partial charge in [-0.25, -0.2) is 13.1 Å². The smallest absolute Gasteiger partial charge is 0.233 e. The maximum absolute atomic E-state index is 12.2. The molecule has 2 N–H and O–H groups in total. The Bertz CT molecular complexity index is 911. The highest BCUT2D eigenvalue weighted by Crippen LogP contribution is 2.31. The number of rotatable bonds is 7. The summed E-state index contributed by atoms with van der Waals surface area (Å²) < 4.78 is 32.0. The van der Waals surface area contributed by atoms with Crippen LogP contribution in [-0.2, 0) is 14.8 Å². The van der Waals surface area contributed by atoms with Gasteiger partial charge in [0.15, 0.2) is 0 Å². The Labute approximate surface area is 159 Å². The van der Waals surface area contributed by atoms with Gasteiger partial charge in [-0.15, -0.1) is 0 Å². The summed E-state index contributed by atoms with van der Waals surface area (Å²) in [5.41, 5.74) is 1.74. The lowest BCUT2D eigenvalue weighted by atomic mass is 10.0. The molecule has 1 atom stereocenters. The fraction of sp³-hybridized carbons (Fsp3) is 0.250. The van der Waals surface area contributed by atoms with Crippen molar-refractivity contribution in [3.8, 4) is 5.75 Å². The van der Waals surface area contributed by atoms with Gasteiger partial charge in [0.1, 0.15) is 5.75 Å². The van der Waals surface area contributed by atoms with Crippen LogP contribution in [0.4, 0.5) is 0 Å². The summed E-state index contributed by atoms with van der Waals surface area (Å²) >= 11 is 0. The number of para-hydroxylation sites is 1. The van der Waals surface area contributed by atoms with Crippen molar-refractivity contribution in [1.82, 2.24) is 10.0 Å². The first-order valence-electron chi connectivity index (χ1n) is 8.77. The number of sulfonamides is 1. The van der Waals surface area contributed by atoms with E-state index < -0.39 is 10.0 Å².